The van der Waals surface area contributed by atoms with E-state index in [-0.39, 0.29) is 16.6 Å². The maximum atomic E-state index is 12.6. The Morgan fingerprint density at radius 1 is 1.04 bits per heavy atom. The highest BCUT2D eigenvalue weighted by atomic mass is 35.5. The summed E-state index contributed by atoms with van der Waals surface area (Å²) in [6, 6.07) is 16.2. The molecule has 0 aliphatic rings. The minimum atomic E-state index is -1.04. The van der Waals surface area contributed by atoms with Crippen LogP contribution in [-0.4, -0.2) is 35.9 Å². The third-order valence-corrected chi connectivity index (χ3v) is 4.23. The van der Waals surface area contributed by atoms with E-state index in [0.717, 1.165) is 10.9 Å². The maximum Gasteiger partial charge on any atom is 0.357 e. The number of amides is 1. The molecule has 0 saturated heterocycles. The minimum Gasteiger partial charge on any atom is -0.443 e. The van der Waals surface area contributed by atoms with Crippen LogP contribution in [0.5, 0.6) is 0 Å². The van der Waals surface area contributed by atoms with Gasteiger partial charge in [0.05, 0.1) is 5.02 Å². The number of aromatic nitrogens is 1. The molecule has 3 aromatic rings. The number of halogens is 1. The van der Waals surface area contributed by atoms with Crippen molar-refractivity contribution in [2.45, 2.75) is 6.10 Å². The van der Waals surface area contributed by atoms with Crippen LogP contribution in [0.2, 0.25) is 5.02 Å². The second kappa shape index (κ2) is 6.99. The van der Waals surface area contributed by atoms with Crippen molar-refractivity contribution in [3.05, 3.63) is 70.9 Å². The molecular formula is C19H17ClN2O3. The predicted molar refractivity (Wildman–Crippen MR) is 96.6 cm³/mol. The first-order valence-electron chi connectivity index (χ1n) is 7.72. The number of rotatable bonds is 4. The number of carbonyl (C=O) groups excluding carboxylic acids is 2. The Morgan fingerprint density at radius 2 is 1.68 bits per heavy atom. The standard InChI is InChI=1S/C19H17ClN2O3/c1-22(2)18(23)17(12-8-4-3-5-9-12)25-19(24)16-15(20)13-10-6-7-11-14(13)21-16/h3-11,17,21H,1-2H3/t17-/m1/s1. The maximum absolute atomic E-state index is 12.6. The highest BCUT2D eigenvalue weighted by Crippen LogP contribution is 2.29. The van der Waals surface area contributed by atoms with Crippen LogP contribution in [0.15, 0.2) is 54.6 Å². The van der Waals surface area contributed by atoms with Gasteiger partial charge in [-0.3, -0.25) is 4.79 Å². The first-order chi connectivity index (χ1) is 12.0. The average Bonchev–Trinajstić information content (AvgIpc) is 2.97. The van der Waals surface area contributed by atoms with E-state index in [4.69, 9.17) is 16.3 Å². The van der Waals surface area contributed by atoms with Crippen LogP contribution in [0.1, 0.15) is 22.2 Å². The molecule has 3 rings (SSSR count). The number of benzene rings is 2. The van der Waals surface area contributed by atoms with E-state index >= 15 is 0 Å². The van der Waals surface area contributed by atoms with Crippen molar-refractivity contribution < 1.29 is 14.3 Å². The molecule has 0 aliphatic heterocycles. The highest BCUT2D eigenvalue weighted by Gasteiger charge is 2.28. The topological polar surface area (TPSA) is 62.4 Å². The van der Waals surface area contributed by atoms with Crippen LogP contribution >= 0.6 is 11.6 Å². The van der Waals surface area contributed by atoms with E-state index in [1.165, 1.54) is 4.90 Å². The minimum absolute atomic E-state index is 0.135. The van der Waals surface area contributed by atoms with Gasteiger partial charge in [-0.05, 0) is 6.07 Å². The Kier molecular flexibility index (Phi) is 4.76. The van der Waals surface area contributed by atoms with Crippen molar-refractivity contribution in [2.24, 2.45) is 0 Å². The lowest BCUT2D eigenvalue weighted by Gasteiger charge is -2.21. The molecule has 1 aromatic heterocycles. The summed E-state index contributed by atoms with van der Waals surface area (Å²) in [6.45, 7) is 0. The third-order valence-electron chi connectivity index (χ3n) is 3.84. The summed E-state index contributed by atoms with van der Waals surface area (Å²) in [5, 5.41) is 1.01. The number of fused-ring (bicyclic) bond motifs is 1. The van der Waals surface area contributed by atoms with Crippen molar-refractivity contribution >= 4 is 34.4 Å². The molecular weight excluding hydrogens is 340 g/mol. The van der Waals surface area contributed by atoms with Gasteiger partial charge in [-0.2, -0.15) is 0 Å². The fourth-order valence-corrected chi connectivity index (χ4v) is 2.83. The zero-order valence-electron chi connectivity index (χ0n) is 13.8. The molecule has 0 saturated carbocycles. The first kappa shape index (κ1) is 17.0. The van der Waals surface area contributed by atoms with Gasteiger partial charge in [-0.1, -0.05) is 60.1 Å². The zero-order valence-corrected chi connectivity index (χ0v) is 14.6. The number of esters is 1. The first-order valence-corrected chi connectivity index (χ1v) is 8.10. The summed E-state index contributed by atoms with van der Waals surface area (Å²) in [4.78, 5) is 29.5. The van der Waals surface area contributed by atoms with E-state index in [9.17, 15) is 9.59 Å². The van der Waals surface area contributed by atoms with E-state index in [2.05, 4.69) is 4.98 Å². The van der Waals surface area contributed by atoms with Gasteiger partial charge in [-0.25, -0.2) is 4.79 Å². The molecule has 0 spiro atoms. The molecule has 0 bridgehead atoms. The summed E-state index contributed by atoms with van der Waals surface area (Å²) < 4.78 is 5.51. The van der Waals surface area contributed by atoms with Crippen molar-refractivity contribution in [1.29, 1.82) is 0 Å². The number of likely N-dealkylation sites (N-methyl/N-ethyl adjacent to an activating group) is 1. The van der Waals surface area contributed by atoms with E-state index < -0.39 is 12.1 Å². The Morgan fingerprint density at radius 3 is 2.32 bits per heavy atom. The molecule has 2 aromatic carbocycles. The number of aromatic amines is 1. The number of ether oxygens (including phenoxy) is 1. The lowest BCUT2D eigenvalue weighted by molar-refractivity contribution is -0.138. The number of nitrogens with one attached hydrogen (secondary N) is 1. The van der Waals surface area contributed by atoms with Gasteiger partial charge >= 0.3 is 5.97 Å². The molecule has 5 nitrogen and oxygen atoms in total. The molecule has 128 valence electrons. The smallest absolute Gasteiger partial charge is 0.357 e. The number of hydrogen-bond acceptors (Lipinski definition) is 3. The van der Waals surface area contributed by atoms with Crippen molar-refractivity contribution in [1.82, 2.24) is 9.88 Å². The second-order valence-electron chi connectivity index (χ2n) is 5.79. The second-order valence-corrected chi connectivity index (χ2v) is 6.17. The predicted octanol–water partition coefficient (Wildman–Crippen LogP) is 3.81. The number of para-hydroxylation sites is 1. The fraction of sp³-hybridized carbons (Fsp3) is 0.158. The Hall–Kier alpha value is -2.79. The lowest BCUT2D eigenvalue weighted by Crippen LogP contribution is -2.31. The summed E-state index contributed by atoms with van der Waals surface area (Å²) in [7, 11) is 3.23. The molecule has 0 aliphatic carbocycles. The van der Waals surface area contributed by atoms with E-state index in [1.54, 1.807) is 38.4 Å². The van der Waals surface area contributed by atoms with E-state index in [0.29, 0.717) is 5.56 Å². The van der Waals surface area contributed by atoms with Gasteiger partial charge in [0.25, 0.3) is 5.91 Å². The van der Waals surface area contributed by atoms with Crippen LogP contribution in [0.25, 0.3) is 10.9 Å². The summed E-state index contributed by atoms with van der Waals surface area (Å²) in [6.07, 6.45) is -1.04. The Balaban J connectivity index is 1.94. The molecule has 0 unspecified atom stereocenters. The zero-order chi connectivity index (χ0) is 18.0. The molecule has 6 heteroatoms. The van der Waals surface area contributed by atoms with Gasteiger partial charge in [0.1, 0.15) is 5.69 Å². The lowest BCUT2D eigenvalue weighted by atomic mass is 10.1. The molecule has 1 atom stereocenters. The van der Waals surface area contributed by atoms with E-state index in [1.807, 2.05) is 30.3 Å². The fourth-order valence-electron chi connectivity index (χ4n) is 2.54. The van der Waals surface area contributed by atoms with Gasteiger partial charge in [0.2, 0.25) is 6.10 Å². The van der Waals surface area contributed by atoms with Crippen LogP contribution < -0.4 is 0 Å². The monoisotopic (exact) mass is 356 g/mol. The third kappa shape index (κ3) is 3.37. The summed E-state index contributed by atoms with van der Waals surface area (Å²) in [5.74, 6) is -1.00. The quantitative estimate of drug-likeness (QED) is 0.723. The van der Waals surface area contributed by atoms with Gasteiger partial charge in [-0.15, -0.1) is 0 Å². The van der Waals surface area contributed by atoms with Gasteiger partial charge in [0.15, 0.2) is 0 Å². The summed E-state index contributed by atoms with van der Waals surface area (Å²) >= 11 is 6.30. The number of carbonyl (C=O) groups is 2. The summed E-state index contributed by atoms with van der Waals surface area (Å²) in [5.41, 5.74) is 1.46. The van der Waals surface area contributed by atoms with Gasteiger partial charge < -0.3 is 14.6 Å². The van der Waals surface area contributed by atoms with Crippen LogP contribution in [-0.2, 0) is 9.53 Å². The molecule has 0 radical (unpaired) electrons. The van der Waals surface area contributed by atoms with Crippen molar-refractivity contribution in [3.63, 3.8) is 0 Å². The molecule has 1 N–H and O–H groups in total. The molecule has 1 amide bonds. The largest absolute Gasteiger partial charge is 0.443 e. The molecule has 1 heterocycles. The highest BCUT2D eigenvalue weighted by molar-refractivity contribution is 6.38. The van der Waals surface area contributed by atoms with Crippen molar-refractivity contribution in [3.8, 4) is 0 Å². The Labute approximate surface area is 150 Å². The van der Waals surface area contributed by atoms with Crippen LogP contribution in [0.3, 0.4) is 0 Å². The number of H-pyrrole nitrogens is 1. The van der Waals surface area contributed by atoms with Crippen LogP contribution in [0.4, 0.5) is 0 Å². The van der Waals surface area contributed by atoms with Crippen molar-refractivity contribution in [2.75, 3.05) is 14.1 Å². The normalized spacial score (nSPS) is 12.0. The number of nitrogens with zero attached hydrogens (tertiary/aromatic N) is 1. The number of hydrogen-bond donors (Lipinski definition) is 1. The SMILES string of the molecule is CN(C)C(=O)[C@H](OC(=O)c1[nH]c2ccccc2c1Cl)c1ccccc1. The van der Waals surface area contributed by atoms with Gasteiger partial charge in [0, 0.05) is 30.6 Å². The molecule has 25 heavy (non-hydrogen) atoms. The molecule has 0 fully saturated rings. The average molecular weight is 357 g/mol. The Bertz CT molecular complexity index is 919. The van der Waals surface area contributed by atoms with Crippen LogP contribution in [0, 0.1) is 0 Å².